The van der Waals surface area contributed by atoms with Gasteiger partial charge in [-0.2, -0.15) is 14.9 Å². The van der Waals surface area contributed by atoms with E-state index < -0.39 is 0 Å². The van der Waals surface area contributed by atoms with Crippen LogP contribution in [-0.4, -0.2) is 35.0 Å². The number of hydrogen-bond donors (Lipinski definition) is 1. The summed E-state index contributed by atoms with van der Waals surface area (Å²) in [5, 5.41) is 11.2. The number of aromatic amines is 1. The third kappa shape index (κ3) is 2.93. The first-order chi connectivity index (χ1) is 12.7. The largest absolute Gasteiger partial charge is 0.493 e. The summed E-state index contributed by atoms with van der Waals surface area (Å²) in [6.07, 6.45) is 1.58. The lowest BCUT2D eigenvalue weighted by Gasteiger charge is -2.06. The summed E-state index contributed by atoms with van der Waals surface area (Å²) in [6.45, 7) is 0.142. The molecule has 0 spiro atoms. The van der Waals surface area contributed by atoms with E-state index in [9.17, 15) is 4.39 Å². The van der Waals surface area contributed by atoms with E-state index in [2.05, 4.69) is 15.3 Å². The lowest BCUT2D eigenvalue weighted by molar-refractivity contribution is 0.171. The van der Waals surface area contributed by atoms with Crippen LogP contribution >= 0.6 is 12.2 Å². The average molecular weight is 372 g/mol. The van der Waals surface area contributed by atoms with Crippen molar-refractivity contribution in [2.45, 2.75) is 0 Å². The van der Waals surface area contributed by atoms with Gasteiger partial charge >= 0.3 is 0 Å². The molecule has 3 aromatic rings. The van der Waals surface area contributed by atoms with Gasteiger partial charge in [-0.1, -0.05) is 12.1 Å². The summed E-state index contributed by atoms with van der Waals surface area (Å²) < 4.78 is 31.3. The molecular weight excluding hydrogens is 359 g/mol. The second kappa shape index (κ2) is 6.60. The van der Waals surface area contributed by atoms with Crippen LogP contribution < -0.4 is 14.2 Å². The molecule has 1 N–H and O–H groups in total. The second-order valence-electron chi connectivity index (χ2n) is 5.38. The Bertz CT molecular complexity index is 1060. The Morgan fingerprint density at radius 2 is 2.23 bits per heavy atom. The van der Waals surface area contributed by atoms with Gasteiger partial charge in [0, 0.05) is 11.1 Å². The Labute approximate surface area is 152 Å². The van der Waals surface area contributed by atoms with Crippen LogP contribution in [0.5, 0.6) is 17.2 Å². The van der Waals surface area contributed by atoms with Crippen LogP contribution in [0.3, 0.4) is 0 Å². The van der Waals surface area contributed by atoms with Gasteiger partial charge in [0.05, 0.1) is 13.3 Å². The fraction of sp³-hybridized carbons (Fsp3) is 0.118. The van der Waals surface area contributed by atoms with Gasteiger partial charge in [-0.3, -0.25) is 0 Å². The molecule has 2 aromatic carbocycles. The molecule has 0 bridgehead atoms. The quantitative estimate of drug-likeness (QED) is 0.562. The molecule has 0 fully saturated rings. The molecule has 1 aliphatic heterocycles. The van der Waals surface area contributed by atoms with E-state index in [1.165, 1.54) is 16.8 Å². The van der Waals surface area contributed by atoms with Crippen LogP contribution in [0.2, 0.25) is 0 Å². The molecule has 26 heavy (non-hydrogen) atoms. The van der Waals surface area contributed by atoms with Gasteiger partial charge in [0.1, 0.15) is 5.82 Å². The lowest BCUT2D eigenvalue weighted by atomic mass is 10.2. The maximum Gasteiger partial charge on any atom is 0.231 e. The number of benzene rings is 2. The predicted molar refractivity (Wildman–Crippen MR) is 94.9 cm³/mol. The number of fused-ring (bicyclic) bond motifs is 1. The van der Waals surface area contributed by atoms with Crippen molar-refractivity contribution in [3.8, 4) is 28.6 Å². The number of rotatable bonds is 4. The summed E-state index contributed by atoms with van der Waals surface area (Å²) in [4.78, 5) is 0. The zero-order chi connectivity index (χ0) is 18.1. The van der Waals surface area contributed by atoms with Gasteiger partial charge in [-0.15, -0.1) is 0 Å². The number of hydrogen-bond acceptors (Lipinski definition) is 6. The Hall–Kier alpha value is -3.20. The first kappa shape index (κ1) is 16.3. The van der Waals surface area contributed by atoms with E-state index in [0.29, 0.717) is 28.6 Å². The minimum Gasteiger partial charge on any atom is -0.493 e. The Morgan fingerprint density at radius 3 is 3.04 bits per heavy atom. The number of nitrogens with one attached hydrogen (secondary N) is 1. The smallest absolute Gasteiger partial charge is 0.231 e. The number of halogens is 1. The molecule has 1 aromatic heterocycles. The maximum atomic E-state index is 13.5. The average Bonchev–Trinajstić information content (AvgIpc) is 3.25. The lowest BCUT2D eigenvalue weighted by Crippen LogP contribution is -1.96. The molecule has 0 unspecified atom stereocenters. The molecule has 0 atom stereocenters. The molecule has 0 radical (unpaired) electrons. The van der Waals surface area contributed by atoms with E-state index in [-0.39, 0.29) is 17.4 Å². The molecular formula is C17H13FN4O3S. The van der Waals surface area contributed by atoms with Crippen molar-refractivity contribution in [3.63, 3.8) is 0 Å². The van der Waals surface area contributed by atoms with Crippen molar-refractivity contribution in [2.75, 3.05) is 13.9 Å². The summed E-state index contributed by atoms with van der Waals surface area (Å²) in [5.74, 6) is 1.71. The number of nitrogens with zero attached hydrogens (tertiary/aromatic N) is 3. The molecule has 9 heteroatoms. The minimum atomic E-state index is -0.368. The van der Waals surface area contributed by atoms with Gasteiger partial charge < -0.3 is 14.2 Å². The molecule has 1 aliphatic rings. The summed E-state index contributed by atoms with van der Waals surface area (Å²) >= 11 is 5.22. The molecule has 0 aliphatic carbocycles. The third-order valence-corrected chi connectivity index (χ3v) is 4.00. The van der Waals surface area contributed by atoms with Crippen molar-refractivity contribution in [3.05, 3.63) is 52.5 Å². The monoisotopic (exact) mass is 372 g/mol. The van der Waals surface area contributed by atoms with Crippen LogP contribution in [0.25, 0.3) is 11.4 Å². The fourth-order valence-electron chi connectivity index (χ4n) is 2.56. The fourth-order valence-corrected chi connectivity index (χ4v) is 2.74. The summed E-state index contributed by atoms with van der Waals surface area (Å²) in [5.41, 5.74) is 1.28. The van der Waals surface area contributed by atoms with Crippen LogP contribution in [0.15, 0.2) is 41.5 Å². The Kier molecular flexibility index (Phi) is 4.13. The second-order valence-corrected chi connectivity index (χ2v) is 5.76. The first-order valence-corrected chi connectivity index (χ1v) is 8.02. The summed E-state index contributed by atoms with van der Waals surface area (Å²) in [7, 11) is 1.55. The highest BCUT2D eigenvalue weighted by Gasteiger charge is 2.19. The standard InChI is InChI=1S/C17H13FN4O3S/c1-23-13-5-10(6-14-15(13)25-9-24-14)8-19-22-16(20-21-17(22)26)11-3-2-4-12(18)7-11/h2-8H,9H2,1H3,(H,21,26)/b19-8-. The number of H-pyrrole nitrogens is 1. The molecule has 7 nitrogen and oxygen atoms in total. The van der Waals surface area contributed by atoms with E-state index in [0.717, 1.165) is 5.56 Å². The highest BCUT2D eigenvalue weighted by molar-refractivity contribution is 7.71. The van der Waals surface area contributed by atoms with E-state index >= 15 is 0 Å². The maximum absolute atomic E-state index is 13.5. The van der Waals surface area contributed by atoms with Crippen LogP contribution in [0.4, 0.5) is 4.39 Å². The highest BCUT2D eigenvalue weighted by atomic mass is 32.1. The highest BCUT2D eigenvalue weighted by Crippen LogP contribution is 2.41. The van der Waals surface area contributed by atoms with Crippen molar-refractivity contribution in [2.24, 2.45) is 5.10 Å². The minimum absolute atomic E-state index is 0.142. The van der Waals surface area contributed by atoms with E-state index in [1.54, 1.807) is 37.6 Å². The topological polar surface area (TPSA) is 73.7 Å². The zero-order valence-corrected chi connectivity index (χ0v) is 14.4. The Balaban J connectivity index is 1.73. The Morgan fingerprint density at radius 1 is 1.35 bits per heavy atom. The predicted octanol–water partition coefficient (Wildman–Crippen LogP) is 3.37. The van der Waals surface area contributed by atoms with Crippen LogP contribution in [0, 0.1) is 10.6 Å². The molecule has 0 saturated heterocycles. The third-order valence-electron chi connectivity index (χ3n) is 3.74. The zero-order valence-electron chi connectivity index (χ0n) is 13.6. The van der Waals surface area contributed by atoms with Crippen LogP contribution in [-0.2, 0) is 0 Å². The van der Waals surface area contributed by atoms with Gasteiger partial charge in [0.2, 0.25) is 17.3 Å². The molecule has 2 heterocycles. The molecule has 132 valence electrons. The van der Waals surface area contributed by atoms with E-state index in [4.69, 9.17) is 26.4 Å². The van der Waals surface area contributed by atoms with Crippen LogP contribution in [0.1, 0.15) is 5.56 Å². The normalized spacial score (nSPS) is 12.7. The number of methoxy groups -OCH3 is 1. The number of aromatic nitrogens is 3. The molecule has 4 rings (SSSR count). The van der Waals surface area contributed by atoms with Crippen molar-refractivity contribution >= 4 is 18.4 Å². The first-order valence-electron chi connectivity index (χ1n) is 7.61. The van der Waals surface area contributed by atoms with Gasteiger partial charge in [0.25, 0.3) is 0 Å². The summed E-state index contributed by atoms with van der Waals surface area (Å²) in [6, 6.07) is 9.59. The van der Waals surface area contributed by atoms with Crippen molar-refractivity contribution in [1.82, 2.24) is 14.9 Å². The molecule has 0 saturated carbocycles. The van der Waals surface area contributed by atoms with Crippen molar-refractivity contribution in [1.29, 1.82) is 0 Å². The SMILES string of the molecule is COc1cc(/C=N\n2c(-c3cccc(F)c3)n[nH]c2=S)cc2c1OCO2. The number of ether oxygens (including phenoxy) is 3. The van der Waals surface area contributed by atoms with Crippen molar-refractivity contribution < 1.29 is 18.6 Å². The van der Waals surface area contributed by atoms with Gasteiger partial charge in [0.15, 0.2) is 17.3 Å². The van der Waals surface area contributed by atoms with E-state index in [1.807, 2.05) is 0 Å². The molecule has 0 amide bonds. The van der Waals surface area contributed by atoms with Gasteiger partial charge in [-0.05, 0) is 36.5 Å². The van der Waals surface area contributed by atoms with Gasteiger partial charge in [-0.25, -0.2) is 9.49 Å².